The molecular weight excluding hydrogens is 352 g/mol. The van der Waals surface area contributed by atoms with Crippen LogP contribution in [0.15, 0.2) is 24.3 Å². The molecule has 8 heteroatoms. The molecule has 0 saturated carbocycles. The van der Waals surface area contributed by atoms with E-state index in [9.17, 15) is 0 Å². The standard InChI is InChI=1S/C14H16N7.Rb/c15-14-17-11-4-2-1-3-10(11)13-18-12(19-21(13)14)9-20-7-5-16-6-8-20;/h1-4H,5-9H2,(H2,15,17);/q-1;+1. The van der Waals surface area contributed by atoms with Crippen LogP contribution in [0.25, 0.3) is 21.9 Å². The van der Waals surface area contributed by atoms with Crippen LogP contribution in [0.2, 0.25) is 0 Å². The maximum absolute atomic E-state index is 5.99. The summed E-state index contributed by atoms with van der Waals surface area (Å²) in [7, 11) is 0. The van der Waals surface area contributed by atoms with Gasteiger partial charge in [-0.3, -0.25) is 4.90 Å². The fourth-order valence-electron chi connectivity index (χ4n) is 2.69. The number of nitrogens with zero attached hydrogens (tertiary/aromatic N) is 6. The minimum atomic E-state index is 0. The number of para-hydroxylation sites is 1. The van der Waals surface area contributed by atoms with E-state index in [2.05, 4.69) is 25.3 Å². The Kier molecular flexibility index (Phi) is 5.21. The van der Waals surface area contributed by atoms with Crippen LogP contribution < -0.4 is 63.9 Å². The third-order valence-electron chi connectivity index (χ3n) is 3.76. The summed E-state index contributed by atoms with van der Waals surface area (Å²) in [6, 6.07) is 7.85. The Labute approximate surface area is 177 Å². The van der Waals surface area contributed by atoms with Crippen molar-refractivity contribution in [3.63, 3.8) is 0 Å². The zero-order valence-corrected chi connectivity index (χ0v) is 17.5. The molecule has 7 nitrogen and oxygen atoms in total. The molecular formula is C14H16N7Rb. The zero-order valence-electron chi connectivity index (χ0n) is 12.6. The Balaban J connectivity index is 0.00000144. The van der Waals surface area contributed by atoms with Gasteiger partial charge in [-0.25, -0.2) is 9.97 Å². The SMILES string of the molecule is Nc1nc2ccccc2c2nc(CN3CC[N-]CC3)nn12.[Rb+]. The van der Waals surface area contributed by atoms with Gasteiger partial charge in [-0.15, -0.1) is 18.2 Å². The van der Waals surface area contributed by atoms with E-state index >= 15 is 0 Å². The fourth-order valence-corrected chi connectivity index (χ4v) is 2.69. The summed E-state index contributed by atoms with van der Waals surface area (Å²) in [4.78, 5) is 11.3. The molecule has 0 amide bonds. The van der Waals surface area contributed by atoms with E-state index in [-0.39, 0.29) is 58.2 Å². The van der Waals surface area contributed by atoms with Gasteiger partial charge in [-0.1, -0.05) is 12.1 Å². The van der Waals surface area contributed by atoms with Gasteiger partial charge in [0.15, 0.2) is 11.5 Å². The van der Waals surface area contributed by atoms with E-state index in [0.717, 1.165) is 55.1 Å². The van der Waals surface area contributed by atoms with Gasteiger partial charge in [0.1, 0.15) is 0 Å². The first-order chi connectivity index (χ1) is 10.3. The van der Waals surface area contributed by atoms with E-state index in [1.807, 2.05) is 24.3 Å². The second kappa shape index (κ2) is 6.98. The molecule has 22 heavy (non-hydrogen) atoms. The average molecular weight is 368 g/mol. The van der Waals surface area contributed by atoms with Gasteiger partial charge in [0.05, 0.1) is 12.1 Å². The minimum Gasteiger partial charge on any atom is -0.660 e. The van der Waals surface area contributed by atoms with E-state index in [1.165, 1.54) is 0 Å². The van der Waals surface area contributed by atoms with Gasteiger partial charge < -0.3 is 11.1 Å². The maximum Gasteiger partial charge on any atom is 1.00 e. The molecule has 0 bridgehead atoms. The minimum absolute atomic E-state index is 0. The van der Waals surface area contributed by atoms with Crippen molar-refractivity contribution in [2.45, 2.75) is 6.54 Å². The molecule has 3 aromatic rings. The number of hydrogen-bond acceptors (Lipinski definition) is 5. The molecule has 1 aromatic carbocycles. The number of nitrogens with two attached hydrogens (primary N) is 1. The molecule has 2 N–H and O–H groups in total. The van der Waals surface area contributed by atoms with E-state index < -0.39 is 0 Å². The van der Waals surface area contributed by atoms with Crippen molar-refractivity contribution in [2.24, 2.45) is 0 Å². The number of fused-ring (bicyclic) bond motifs is 3. The number of aromatic nitrogens is 4. The van der Waals surface area contributed by atoms with Crippen LogP contribution in [0, 0.1) is 0 Å². The topological polar surface area (TPSA) is 86.4 Å². The van der Waals surface area contributed by atoms with Crippen molar-refractivity contribution < 1.29 is 58.2 Å². The molecule has 1 aliphatic rings. The Morgan fingerprint density at radius 1 is 1.14 bits per heavy atom. The molecule has 4 rings (SSSR count). The molecule has 0 atom stereocenters. The fraction of sp³-hybridized carbons (Fsp3) is 0.357. The van der Waals surface area contributed by atoms with E-state index in [0.29, 0.717) is 5.95 Å². The molecule has 0 spiro atoms. The van der Waals surface area contributed by atoms with Crippen LogP contribution in [0.4, 0.5) is 5.95 Å². The van der Waals surface area contributed by atoms with E-state index in [4.69, 9.17) is 5.73 Å². The number of piperazine rings is 1. The van der Waals surface area contributed by atoms with Crippen LogP contribution >= 0.6 is 0 Å². The summed E-state index contributed by atoms with van der Waals surface area (Å²) in [6.45, 7) is 4.43. The van der Waals surface area contributed by atoms with Gasteiger partial charge in [0.25, 0.3) is 0 Å². The Morgan fingerprint density at radius 3 is 2.73 bits per heavy atom. The number of benzene rings is 1. The predicted octanol–water partition coefficient (Wildman–Crippen LogP) is -1.95. The molecule has 0 unspecified atom stereocenters. The molecule has 1 fully saturated rings. The molecule has 1 saturated heterocycles. The van der Waals surface area contributed by atoms with Crippen LogP contribution in [0.5, 0.6) is 0 Å². The second-order valence-corrected chi connectivity index (χ2v) is 5.20. The maximum atomic E-state index is 5.99. The number of rotatable bonds is 2. The van der Waals surface area contributed by atoms with Crippen molar-refractivity contribution >= 4 is 22.5 Å². The third kappa shape index (κ3) is 3.11. The van der Waals surface area contributed by atoms with Gasteiger partial charge >= 0.3 is 58.2 Å². The van der Waals surface area contributed by atoms with Crippen LogP contribution in [0.1, 0.15) is 5.82 Å². The Bertz CT molecular complexity index is 794. The van der Waals surface area contributed by atoms with E-state index in [1.54, 1.807) is 4.52 Å². The Hall–Kier alpha value is -0.445. The molecule has 108 valence electrons. The largest absolute Gasteiger partial charge is 1.00 e. The van der Waals surface area contributed by atoms with Crippen molar-refractivity contribution in [1.29, 1.82) is 0 Å². The molecule has 0 radical (unpaired) electrons. The number of nitrogen functional groups attached to an aromatic ring is 1. The number of anilines is 1. The second-order valence-electron chi connectivity index (χ2n) is 5.20. The smallest absolute Gasteiger partial charge is 0.660 e. The van der Waals surface area contributed by atoms with Gasteiger partial charge in [-0.2, -0.15) is 4.52 Å². The van der Waals surface area contributed by atoms with Gasteiger partial charge in [0.2, 0.25) is 5.95 Å². The van der Waals surface area contributed by atoms with Gasteiger partial charge in [0, 0.05) is 5.39 Å². The summed E-state index contributed by atoms with van der Waals surface area (Å²) in [5, 5.41) is 9.82. The summed E-state index contributed by atoms with van der Waals surface area (Å²) in [6.07, 6.45) is 0. The first-order valence-electron chi connectivity index (χ1n) is 7.07. The van der Waals surface area contributed by atoms with Crippen molar-refractivity contribution in [1.82, 2.24) is 24.5 Å². The third-order valence-corrected chi connectivity index (χ3v) is 3.76. The molecule has 0 aliphatic carbocycles. The molecule has 2 aromatic heterocycles. The van der Waals surface area contributed by atoms with Crippen LogP contribution in [-0.2, 0) is 6.54 Å². The van der Waals surface area contributed by atoms with Gasteiger partial charge in [-0.05, 0) is 25.2 Å². The monoisotopic (exact) mass is 367 g/mol. The predicted molar refractivity (Wildman–Crippen MR) is 81.1 cm³/mol. The summed E-state index contributed by atoms with van der Waals surface area (Å²) in [5.74, 6) is 1.15. The normalized spacial score (nSPS) is 16.0. The average Bonchev–Trinajstić information content (AvgIpc) is 2.93. The molecule has 1 aliphatic heterocycles. The first-order valence-corrected chi connectivity index (χ1v) is 7.07. The quantitative estimate of drug-likeness (QED) is 0.569. The van der Waals surface area contributed by atoms with Crippen molar-refractivity contribution in [3.05, 3.63) is 35.4 Å². The zero-order chi connectivity index (χ0) is 14.2. The Morgan fingerprint density at radius 2 is 1.91 bits per heavy atom. The summed E-state index contributed by atoms with van der Waals surface area (Å²) in [5.41, 5.74) is 7.61. The molecule has 3 heterocycles. The summed E-state index contributed by atoms with van der Waals surface area (Å²) >= 11 is 0. The summed E-state index contributed by atoms with van der Waals surface area (Å²) < 4.78 is 1.63. The van der Waals surface area contributed by atoms with Crippen LogP contribution in [-0.4, -0.2) is 50.7 Å². The number of hydrogen-bond donors (Lipinski definition) is 1. The van der Waals surface area contributed by atoms with Crippen molar-refractivity contribution in [3.8, 4) is 0 Å². The van der Waals surface area contributed by atoms with Crippen LogP contribution in [0.3, 0.4) is 0 Å². The van der Waals surface area contributed by atoms with Crippen molar-refractivity contribution in [2.75, 3.05) is 31.9 Å². The first kappa shape index (κ1) is 16.4.